The molecule has 2 amide bonds. The molecule has 2 aliphatic rings. The fourth-order valence-electron chi connectivity index (χ4n) is 3.91. The van der Waals surface area contributed by atoms with Gasteiger partial charge >= 0.3 is 17.3 Å². The van der Waals surface area contributed by atoms with Crippen LogP contribution in [0.3, 0.4) is 0 Å². The van der Waals surface area contributed by atoms with Gasteiger partial charge in [0.15, 0.2) is 6.23 Å². The number of anilines is 1. The molecule has 0 spiro atoms. The summed E-state index contributed by atoms with van der Waals surface area (Å²) in [7, 11) is 1.68. The first-order valence-electron chi connectivity index (χ1n) is 13.6. The highest BCUT2D eigenvalue weighted by Gasteiger charge is 2.41. The predicted octanol–water partition coefficient (Wildman–Crippen LogP) is 6.37. The minimum atomic E-state index is -0.694. The van der Waals surface area contributed by atoms with Crippen LogP contribution < -0.4 is 10.1 Å². The molecule has 2 unspecified atom stereocenters. The van der Waals surface area contributed by atoms with Gasteiger partial charge in [-0.15, -0.1) is 0 Å². The molecule has 12 heteroatoms. The number of amides is 2. The Morgan fingerprint density at radius 3 is 2.60 bits per heavy atom. The number of nitrogens with one attached hydrogen (secondary N) is 1. The van der Waals surface area contributed by atoms with Crippen molar-refractivity contribution in [1.29, 1.82) is 0 Å². The summed E-state index contributed by atoms with van der Waals surface area (Å²) in [5.41, 5.74) is 1.55. The third-order valence-corrected chi connectivity index (χ3v) is 7.27. The summed E-state index contributed by atoms with van der Waals surface area (Å²) in [4.78, 5) is 39.1. The van der Waals surface area contributed by atoms with Gasteiger partial charge < -0.3 is 24.4 Å². The highest BCUT2D eigenvalue weighted by Crippen LogP contribution is 2.31. The van der Waals surface area contributed by atoms with Crippen molar-refractivity contribution in [3.05, 3.63) is 58.6 Å². The molecule has 2 atom stereocenters. The Labute approximate surface area is 255 Å². The number of hydrazone groups is 1. The minimum Gasteiger partial charge on any atom is -0.444 e. The van der Waals surface area contributed by atoms with Crippen LogP contribution in [0.4, 0.5) is 15.3 Å². The van der Waals surface area contributed by atoms with Crippen LogP contribution >= 0.6 is 23.4 Å². The van der Waals surface area contributed by atoms with Crippen LogP contribution in [0, 0.1) is 5.41 Å². The standard InChI is InChI=1S/C30H37ClN4O6S/c1-29(2,3)26(36)40-23-12-11-19(31)14-21(23)22-17-42-28(38)35(33-22)15-18-9-8-10-20(13-18)32-25-24(39-25)16-34(7)27(37)41-30(4,5)6/h8-14,24-25,32H,15-17H2,1-7H3. The Kier molecular flexibility index (Phi) is 9.44. The van der Waals surface area contributed by atoms with Crippen LogP contribution in [-0.2, 0) is 20.8 Å². The van der Waals surface area contributed by atoms with Crippen LogP contribution in [0.5, 0.6) is 5.75 Å². The largest absolute Gasteiger partial charge is 0.444 e. The van der Waals surface area contributed by atoms with E-state index in [1.54, 1.807) is 46.0 Å². The molecular weight excluding hydrogens is 580 g/mol. The summed E-state index contributed by atoms with van der Waals surface area (Å²) in [5.74, 6) is 0.274. The second kappa shape index (κ2) is 12.5. The Morgan fingerprint density at radius 1 is 1.17 bits per heavy atom. The number of benzene rings is 2. The number of ether oxygens (including phenoxy) is 3. The zero-order valence-electron chi connectivity index (χ0n) is 24.9. The van der Waals surface area contributed by atoms with E-state index in [1.807, 2.05) is 45.0 Å². The zero-order valence-corrected chi connectivity index (χ0v) is 26.5. The molecule has 0 aliphatic carbocycles. The first-order valence-corrected chi connectivity index (χ1v) is 14.9. The summed E-state index contributed by atoms with van der Waals surface area (Å²) in [6, 6.07) is 12.6. The number of hydrogen-bond donors (Lipinski definition) is 1. The normalized spacial score (nSPS) is 18.7. The molecule has 0 saturated carbocycles. The van der Waals surface area contributed by atoms with Gasteiger partial charge in [0.25, 0.3) is 0 Å². The number of thioether (sulfide) groups is 1. The third kappa shape index (κ3) is 8.62. The van der Waals surface area contributed by atoms with E-state index >= 15 is 0 Å². The predicted molar refractivity (Wildman–Crippen MR) is 164 cm³/mol. The molecule has 10 nitrogen and oxygen atoms in total. The lowest BCUT2D eigenvalue weighted by atomic mass is 9.97. The van der Waals surface area contributed by atoms with Gasteiger partial charge in [0.05, 0.1) is 24.2 Å². The maximum Gasteiger partial charge on any atom is 0.410 e. The van der Waals surface area contributed by atoms with Gasteiger partial charge in [-0.05, 0) is 77.4 Å². The lowest BCUT2D eigenvalue weighted by Gasteiger charge is -2.25. The molecule has 0 aromatic heterocycles. The minimum absolute atomic E-state index is 0.169. The molecule has 1 N–H and O–H groups in total. The fourth-order valence-corrected chi connectivity index (χ4v) is 4.81. The molecule has 1 saturated heterocycles. The maximum absolute atomic E-state index is 12.8. The van der Waals surface area contributed by atoms with Crippen molar-refractivity contribution in [2.24, 2.45) is 10.5 Å². The highest BCUT2D eigenvalue weighted by molar-refractivity contribution is 8.14. The average Bonchev–Trinajstić information content (AvgIpc) is 3.61. The number of rotatable bonds is 8. The summed E-state index contributed by atoms with van der Waals surface area (Å²) in [6.07, 6.45) is -0.823. The number of esters is 1. The topological polar surface area (TPSA) is 113 Å². The van der Waals surface area contributed by atoms with Crippen molar-refractivity contribution < 1.29 is 28.6 Å². The van der Waals surface area contributed by atoms with Gasteiger partial charge in [-0.2, -0.15) is 5.10 Å². The maximum atomic E-state index is 12.8. The van der Waals surface area contributed by atoms with Crippen molar-refractivity contribution in [3.8, 4) is 5.75 Å². The van der Waals surface area contributed by atoms with E-state index in [9.17, 15) is 14.4 Å². The van der Waals surface area contributed by atoms with Crippen LogP contribution in [0.25, 0.3) is 0 Å². The van der Waals surface area contributed by atoms with Crippen molar-refractivity contribution >= 4 is 52.1 Å². The van der Waals surface area contributed by atoms with Gasteiger partial charge in [-0.25, -0.2) is 9.80 Å². The smallest absolute Gasteiger partial charge is 0.410 e. The Hall–Kier alpha value is -3.28. The van der Waals surface area contributed by atoms with Crippen molar-refractivity contribution in [3.63, 3.8) is 0 Å². The first-order chi connectivity index (χ1) is 19.6. The highest BCUT2D eigenvalue weighted by atomic mass is 35.5. The second-order valence-corrected chi connectivity index (χ2v) is 13.6. The Morgan fingerprint density at radius 2 is 1.90 bits per heavy atom. The molecule has 0 bridgehead atoms. The molecule has 2 heterocycles. The molecular formula is C30H37ClN4O6S. The molecule has 42 heavy (non-hydrogen) atoms. The molecule has 2 aromatic carbocycles. The van der Waals surface area contributed by atoms with Crippen LogP contribution in [0.1, 0.15) is 52.7 Å². The van der Waals surface area contributed by atoms with Crippen LogP contribution in [0.15, 0.2) is 47.6 Å². The molecule has 226 valence electrons. The summed E-state index contributed by atoms with van der Waals surface area (Å²) >= 11 is 7.39. The van der Waals surface area contributed by atoms with E-state index in [-0.39, 0.29) is 30.1 Å². The molecule has 4 rings (SSSR count). The summed E-state index contributed by atoms with van der Waals surface area (Å²) < 4.78 is 16.8. The lowest BCUT2D eigenvalue weighted by Crippen LogP contribution is -2.36. The number of halogens is 1. The van der Waals surface area contributed by atoms with Crippen molar-refractivity contribution in [1.82, 2.24) is 9.91 Å². The van der Waals surface area contributed by atoms with E-state index in [0.717, 1.165) is 23.0 Å². The Balaban J connectivity index is 1.42. The van der Waals surface area contributed by atoms with Gasteiger partial charge in [0.1, 0.15) is 17.5 Å². The van der Waals surface area contributed by atoms with E-state index in [1.165, 1.54) is 9.91 Å². The zero-order chi connectivity index (χ0) is 30.8. The molecule has 2 aromatic rings. The molecule has 2 aliphatic heterocycles. The number of likely N-dealkylation sites (N-methyl/N-ethyl adjacent to an activating group) is 1. The number of carbonyl (C=O) groups is 3. The van der Waals surface area contributed by atoms with Crippen molar-refractivity contribution in [2.45, 2.75) is 66.0 Å². The summed E-state index contributed by atoms with van der Waals surface area (Å²) in [6.45, 7) is 11.4. The third-order valence-electron chi connectivity index (χ3n) is 6.16. The molecule has 1 fully saturated rings. The van der Waals surface area contributed by atoms with Crippen LogP contribution in [0.2, 0.25) is 5.02 Å². The lowest BCUT2D eigenvalue weighted by molar-refractivity contribution is -0.143. The van der Waals surface area contributed by atoms with E-state index in [0.29, 0.717) is 34.3 Å². The van der Waals surface area contributed by atoms with Gasteiger partial charge in [-0.3, -0.25) is 9.59 Å². The number of carbonyl (C=O) groups excluding carboxylic acids is 3. The average molecular weight is 617 g/mol. The van der Waals surface area contributed by atoms with E-state index in [2.05, 4.69) is 10.4 Å². The number of nitrogens with zero attached hydrogens (tertiary/aromatic N) is 3. The van der Waals surface area contributed by atoms with Crippen LogP contribution in [-0.4, -0.2) is 70.2 Å². The number of hydrogen-bond acceptors (Lipinski definition) is 9. The van der Waals surface area contributed by atoms with Gasteiger partial charge in [0, 0.05) is 29.1 Å². The van der Waals surface area contributed by atoms with Gasteiger partial charge in [-0.1, -0.05) is 35.5 Å². The Bertz CT molecular complexity index is 1390. The monoisotopic (exact) mass is 616 g/mol. The quantitative estimate of drug-likeness (QED) is 0.207. The van der Waals surface area contributed by atoms with E-state index < -0.39 is 17.1 Å². The number of epoxide rings is 1. The summed E-state index contributed by atoms with van der Waals surface area (Å²) in [5, 5.41) is 9.61. The van der Waals surface area contributed by atoms with Gasteiger partial charge in [0.2, 0.25) is 0 Å². The second-order valence-electron chi connectivity index (χ2n) is 12.2. The van der Waals surface area contributed by atoms with Crippen molar-refractivity contribution in [2.75, 3.05) is 24.7 Å². The molecule has 0 radical (unpaired) electrons. The fraction of sp³-hybridized carbons (Fsp3) is 0.467. The first kappa shape index (κ1) is 31.7. The van der Waals surface area contributed by atoms with E-state index in [4.69, 9.17) is 25.8 Å². The SMILES string of the molecule is CN(CC1OC1Nc1cccc(CN2N=C(c3cc(Cl)ccc3OC(=O)C(C)(C)C)CSC2=O)c1)C(=O)OC(C)(C)C.